The Labute approximate surface area is 140 Å². The number of fused-ring (bicyclic) bond motifs is 1. The van der Waals surface area contributed by atoms with E-state index in [-0.39, 0.29) is 24.4 Å². The predicted octanol–water partition coefficient (Wildman–Crippen LogP) is 0.893. The lowest BCUT2D eigenvalue weighted by Gasteiger charge is -2.20. The van der Waals surface area contributed by atoms with Crippen LogP contribution in [-0.4, -0.2) is 50.1 Å². The van der Waals surface area contributed by atoms with Crippen LogP contribution in [0.25, 0.3) is 5.69 Å². The lowest BCUT2D eigenvalue weighted by molar-refractivity contribution is 0.0779. The molecule has 1 aliphatic carbocycles. The Balaban J connectivity index is 0.00000156. The minimum absolute atomic E-state index is 0. The summed E-state index contributed by atoms with van der Waals surface area (Å²) < 4.78 is 1.52. The third-order valence-electron chi connectivity index (χ3n) is 4.93. The van der Waals surface area contributed by atoms with Crippen LogP contribution in [0, 0.1) is 11.8 Å². The molecule has 2 aliphatic rings. The molecule has 1 aromatic heterocycles. The molecule has 1 aromatic carbocycles. The van der Waals surface area contributed by atoms with Gasteiger partial charge in [0.05, 0.1) is 11.3 Å². The molecule has 1 saturated carbocycles. The standard InChI is InChI=1S/C15H18N6O.ClH/c16-13-6-5-10-7-20(8-12(10)13)15(22)11-3-1-2-4-14(11)21-9-17-18-19-21;/h1-4,9-10,12-13H,5-8,16H2;1H. The second-order valence-corrected chi connectivity index (χ2v) is 6.15. The van der Waals surface area contributed by atoms with Crippen LogP contribution in [0.2, 0.25) is 0 Å². The summed E-state index contributed by atoms with van der Waals surface area (Å²) in [6.07, 6.45) is 3.71. The largest absolute Gasteiger partial charge is 0.338 e. The van der Waals surface area contributed by atoms with E-state index in [4.69, 9.17) is 5.73 Å². The maximum Gasteiger partial charge on any atom is 0.256 e. The van der Waals surface area contributed by atoms with Crippen LogP contribution in [0.4, 0.5) is 0 Å². The van der Waals surface area contributed by atoms with Gasteiger partial charge >= 0.3 is 0 Å². The number of halogens is 1. The number of hydrogen-bond donors (Lipinski definition) is 1. The predicted molar refractivity (Wildman–Crippen MR) is 86.5 cm³/mol. The molecule has 2 N–H and O–H groups in total. The van der Waals surface area contributed by atoms with Gasteiger partial charge in [0.15, 0.2) is 0 Å². The lowest BCUT2D eigenvalue weighted by atomic mass is 9.98. The summed E-state index contributed by atoms with van der Waals surface area (Å²) in [6.45, 7) is 1.57. The van der Waals surface area contributed by atoms with Gasteiger partial charge in [0.2, 0.25) is 0 Å². The van der Waals surface area contributed by atoms with Crippen molar-refractivity contribution >= 4 is 18.3 Å². The summed E-state index contributed by atoms with van der Waals surface area (Å²) in [5.41, 5.74) is 7.49. The highest BCUT2D eigenvalue weighted by Gasteiger charge is 2.42. The van der Waals surface area contributed by atoms with E-state index in [2.05, 4.69) is 15.5 Å². The fourth-order valence-electron chi connectivity index (χ4n) is 3.77. The number of nitrogens with zero attached hydrogens (tertiary/aromatic N) is 5. The van der Waals surface area contributed by atoms with Gasteiger partial charge in [-0.3, -0.25) is 4.79 Å². The van der Waals surface area contributed by atoms with Crippen molar-refractivity contribution in [3.8, 4) is 5.69 Å². The Morgan fingerprint density at radius 2 is 2.04 bits per heavy atom. The molecule has 1 aliphatic heterocycles. The summed E-state index contributed by atoms with van der Waals surface area (Å²) >= 11 is 0. The number of tetrazole rings is 1. The van der Waals surface area contributed by atoms with Crippen LogP contribution in [0.15, 0.2) is 30.6 Å². The lowest BCUT2D eigenvalue weighted by Crippen LogP contribution is -2.34. The number of hydrogen-bond acceptors (Lipinski definition) is 5. The summed E-state index contributed by atoms with van der Waals surface area (Å²) in [5, 5.41) is 11.2. The average molecular weight is 335 g/mol. The molecule has 122 valence electrons. The molecule has 2 aromatic rings. The molecule has 8 heteroatoms. The summed E-state index contributed by atoms with van der Waals surface area (Å²) in [5.74, 6) is 1.04. The summed E-state index contributed by atoms with van der Waals surface area (Å²) in [7, 11) is 0. The minimum Gasteiger partial charge on any atom is -0.338 e. The molecular formula is C15H19ClN6O. The third kappa shape index (κ3) is 2.70. The number of rotatable bonds is 2. The van der Waals surface area contributed by atoms with Crippen LogP contribution < -0.4 is 5.73 Å². The molecular weight excluding hydrogens is 316 g/mol. The van der Waals surface area contributed by atoms with Gasteiger partial charge in [0, 0.05) is 19.1 Å². The summed E-state index contributed by atoms with van der Waals surface area (Å²) in [4.78, 5) is 14.8. The number of amides is 1. The van der Waals surface area contributed by atoms with E-state index in [0.29, 0.717) is 23.1 Å². The van der Waals surface area contributed by atoms with Gasteiger partial charge < -0.3 is 10.6 Å². The van der Waals surface area contributed by atoms with E-state index in [1.165, 1.54) is 11.0 Å². The van der Waals surface area contributed by atoms with Crippen LogP contribution in [0.1, 0.15) is 23.2 Å². The zero-order chi connectivity index (χ0) is 15.1. The molecule has 3 atom stereocenters. The quantitative estimate of drug-likeness (QED) is 0.881. The first-order valence-corrected chi connectivity index (χ1v) is 7.61. The Hall–Kier alpha value is -1.99. The van der Waals surface area contributed by atoms with Gasteiger partial charge in [-0.2, -0.15) is 4.68 Å². The van der Waals surface area contributed by atoms with E-state index in [0.717, 1.165) is 25.9 Å². The van der Waals surface area contributed by atoms with Crippen molar-refractivity contribution in [3.05, 3.63) is 36.2 Å². The number of para-hydroxylation sites is 1. The smallest absolute Gasteiger partial charge is 0.256 e. The molecule has 2 heterocycles. The molecule has 0 radical (unpaired) electrons. The van der Waals surface area contributed by atoms with Gasteiger partial charge in [0.25, 0.3) is 5.91 Å². The minimum atomic E-state index is 0. The van der Waals surface area contributed by atoms with Crippen molar-refractivity contribution in [1.82, 2.24) is 25.1 Å². The number of carbonyl (C=O) groups excluding carboxylic acids is 1. The Morgan fingerprint density at radius 1 is 1.22 bits per heavy atom. The van der Waals surface area contributed by atoms with Crippen molar-refractivity contribution in [2.75, 3.05) is 13.1 Å². The molecule has 1 saturated heterocycles. The number of nitrogens with two attached hydrogens (primary N) is 1. The molecule has 4 rings (SSSR count). The van der Waals surface area contributed by atoms with Crippen molar-refractivity contribution in [1.29, 1.82) is 0 Å². The average Bonchev–Trinajstić information content (AvgIpc) is 3.25. The van der Waals surface area contributed by atoms with Crippen LogP contribution in [0.3, 0.4) is 0 Å². The molecule has 7 nitrogen and oxygen atoms in total. The van der Waals surface area contributed by atoms with Crippen molar-refractivity contribution in [2.24, 2.45) is 17.6 Å². The topological polar surface area (TPSA) is 89.9 Å². The van der Waals surface area contributed by atoms with E-state index in [9.17, 15) is 4.79 Å². The van der Waals surface area contributed by atoms with Gasteiger partial charge in [-0.05, 0) is 47.2 Å². The molecule has 1 amide bonds. The van der Waals surface area contributed by atoms with Crippen LogP contribution in [0.5, 0.6) is 0 Å². The first kappa shape index (κ1) is 15.9. The van der Waals surface area contributed by atoms with E-state index < -0.39 is 0 Å². The molecule has 0 spiro atoms. The van der Waals surface area contributed by atoms with Gasteiger partial charge in [-0.25, -0.2) is 0 Å². The van der Waals surface area contributed by atoms with Crippen molar-refractivity contribution < 1.29 is 4.79 Å². The number of likely N-dealkylation sites (tertiary alicyclic amines) is 1. The van der Waals surface area contributed by atoms with Crippen molar-refractivity contribution in [3.63, 3.8) is 0 Å². The third-order valence-corrected chi connectivity index (χ3v) is 4.93. The van der Waals surface area contributed by atoms with Crippen LogP contribution >= 0.6 is 12.4 Å². The Bertz CT molecular complexity index is 691. The first-order chi connectivity index (χ1) is 10.7. The van der Waals surface area contributed by atoms with E-state index in [1.807, 2.05) is 29.2 Å². The van der Waals surface area contributed by atoms with E-state index >= 15 is 0 Å². The summed E-state index contributed by atoms with van der Waals surface area (Å²) in [6, 6.07) is 7.66. The zero-order valence-electron chi connectivity index (χ0n) is 12.6. The fourth-order valence-corrected chi connectivity index (χ4v) is 3.77. The first-order valence-electron chi connectivity index (χ1n) is 7.61. The number of benzene rings is 1. The molecule has 0 bridgehead atoms. The molecule has 2 fully saturated rings. The van der Waals surface area contributed by atoms with Crippen LogP contribution in [-0.2, 0) is 0 Å². The Kier molecular flexibility index (Phi) is 4.32. The highest BCUT2D eigenvalue weighted by Crippen LogP contribution is 2.37. The van der Waals surface area contributed by atoms with Gasteiger partial charge in [-0.15, -0.1) is 17.5 Å². The maximum atomic E-state index is 12.9. The van der Waals surface area contributed by atoms with Crippen molar-refractivity contribution in [2.45, 2.75) is 18.9 Å². The SMILES string of the molecule is Cl.NC1CCC2CN(C(=O)c3ccccc3-n3cnnn3)CC12. The molecule has 23 heavy (non-hydrogen) atoms. The fraction of sp³-hybridized carbons (Fsp3) is 0.467. The number of carbonyl (C=O) groups is 1. The van der Waals surface area contributed by atoms with Gasteiger partial charge in [-0.1, -0.05) is 12.1 Å². The van der Waals surface area contributed by atoms with E-state index in [1.54, 1.807) is 0 Å². The highest BCUT2D eigenvalue weighted by atomic mass is 35.5. The normalized spacial score (nSPS) is 26.0. The maximum absolute atomic E-state index is 12.9. The second kappa shape index (κ2) is 6.25. The highest BCUT2D eigenvalue weighted by molar-refractivity contribution is 5.98. The number of aromatic nitrogens is 4. The molecule has 3 unspecified atom stereocenters. The van der Waals surface area contributed by atoms with Gasteiger partial charge in [0.1, 0.15) is 6.33 Å². The Morgan fingerprint density at radius 3 is 2.78 bits per heavy atom. The monoisotopic (exact) mass is 334 g/mol. The zero-order valence-corrected chi connectivity index (χ0v) is 13.4. The second-order valence-electron chi connectivity index (χ2n) is 6.15.